The van der Waals surface area contributed by atoms with Crippen molar-refractivity contribution in [3.05, 3.63) is 0 Å². The van der Waals surface area contributed by atoms with Crippen molar-refractivity contribution in [3.63, 3.8) is 0 Å². The summed E-state index contributed by atoms with van der Waals surface area (Å²) in [5.74, 6) is 1.04. The topological polar surface area (TPSA) is 45.1 Å². The summed E-state index contributed by atoms with van der Waals surface area (Å²) in [6.45, 7) is 6.73. The van der Waals surface area contributed by atoms with Crippen molar-refractivity contribution in [2.24, 2.45) is 10.9 Å². The fraction of sp³-hybridized carbons (Fsp3) is 0.818. The van der Waals surface area contributed by atoms with Gasteiger partial charge >= 0.3 is 0 Å². The molecule has 0 saturated carbocycles. The standard InChI is InChI=1S/C11H19N3O2/c1-9-12-7-10(11(15)13(9)2)8-14-3-5-16-6-4-14/h10H,3-8H2,1-2H3. The molecule has 0 aromatic rings. The van der Waals surface area contributed by atoms with E-state index < -0.39 is 0 Å². The zero-order valence-corrected chi connectivity index (χ0v) is 9.98. The number of aliphatic imine (C=N–C) groups is 1. The fourth-order valence-corrected chi connectivity index (χ4v) is 2.09. The number of carbonyl (C=O) groups is 1. The molecule has 16 heavy (non-hydrogen) atoms. The molecule has 2 heterocycles. The molecular weight excluding hydrogens is 206 g/mol. The molecule has 2 aliphatic heterocycles. The molecule has 0 bridgehead atoms. The maximum Gasteiger partial charge on any atom is 0.233 e. The first-order chi connectivity index (χ1) is 7.68. The largest absolute Gasteiger partial charge is 0.379 e. The van der Waals surface area contributed by atoms with E-state index >= 15 is 0 Å². The summed E-state index contributed by atoms with van der Waals surface area (Å²) in [5, 5.41) is 0. The lowest BCUT2D eigenvalue weighted by Crippen LogP contribution is -2.48. The Morgan fingerprint density at radius 2 is 2.12 bits per heavy atom. The minimum absolute atomic E-state index is 0.0202. The van der Waals surface area contributed by atoms with Gasteiger partial charge in [-0.05, 0) is 6.92 Å². The number of hydrogen-bond acceptors (Lipinski definition) is 4. The number of ether oxygens (including phenoxy) is 1. The fourth-order valence-electron chi connectivity index (χ4n) is 2.09. The molecule has 5 heteroatoms. The van der Waals surface area contributed by atoms with E-state index in [1.165, 1.54) is 0 Å². The average molecular weight is 225 g/mol. The van der Waals surface area contributed by atoms with Crippen LogP contribution in [-0.2, 0) is 9.53 Å². The van der Waals surface area contributed by atoms with E-state index in [1.807, 2.05) is 6.92 Å². The third-order valence-corrected chi connectivity index (χ3v) is 3.29. The normalized spacial score (nSPS) is 28.1. The first-order valence-corrected chi connectivity index (χ1v) is 5.77. The number of rotatable bonds is 2. The highest BCUT2D eigenvalue weighted by Gasteiger charge is 2.29. The zero-order valence-electron chi connectivity index (χ0n) is 9.98. The number of carbonyl (C=O) groups excluding carboxylic acids is 1. The second-order valence-corrected chi connectivity index (χ2v) is 4.40. The lowest BCUT2D eigenvalue weighted by molar-refractivity contribution is -0.132. The van der Waals surface area contributed by atoms with Crippen molar-refractivity contribution >= 4 is 11.7 Å². The molecule has 2 rings (SSSR count). The highest BCUT2D eigenvalue weighted by atomic mass is 16.5. The molecular formula is C11H19N3O2. The van der Waals surface area contributed by atoms with Crippen LogP contribution < -0.4 is 0 Å². The van der Waals surface area contributed by atoms with Crippen molar-refractivity contribution in [1.82, 2.24) is 9.80 Å². The number of nitrogens with zero attached hydrogens (tertiary/aromatic N) is 3. The van der Waals surface area contributed by atoms with Gasteiger partial charge in [-0.2, -0.15) is 0 Å². The van der Waals surface area contributed by atoms with Crippen molar-refractivity contribution in [1.29, 1.82) is 0 Å². The highest BCUT2D eigenvalue weighted by Crippen LogP contribution is 2.12. The highest BCUT2D eigenvalue weighted by molar-refractivity contribution is 5.99. The molecule has 0 spiro atoms. The van der Waals surface area contributed by atoms with Gasteiger partial charge in [0.2, 0.25) is 5.91 Å². The molecule has 2 aliphatic rings. The smallest absolute Gasteiger partial charge is 0.233 e. The summed E-state index contributed by atoms with van der Waals surface area (Å²) in [6.07, 6.45) is 0. The molecule has 0 N–H and O–H groups in total. The predicted octanol–water partition coefficient (Wildman–Crippen LogP) is -0.175. The Morgan fingerprint density at radius 1 is 1.44 bits per heavy atom. The Bertz CT molecular complexity index is 298. The van der Waals surface area contributed by atoms with Crippen LogP contribution in [0.15, 0.2) is 4.99 Å². The number of morpholine rings is 1. The molecule has 1 atom stereocenters. The molecule has 1 saturated heterocycles. The second-order valence-electron chi connectivity index (χ2n) is 4.40. The van der Waals surface area contributed by atoms with Crippen LogP contribution in [0.2, 0.25) is 0 Å². The Hall–Kier alpha value is -0.940. The zero-order chi connectivity index (χ0) is 11.5. The molecule has 0 radical (unpaired) electrons. The SMILES string of the molecule is CC1=NCC(CN2CCOCC2)C(=O)N1C. The van der Waals surface area contributed by atoms with Crippen LogP contribution in [-0.4, -0.2) is 68.0 Å². The minimum Gasteiger partial charge on any atom is -0.379 e. The van der Waals surface area contributed by atoms with Gasteiger partial charge < -0.3 is 9.64 Å². The van der Waals surface area contributed by atoms with Crippen LogP contribution in [0.25, 0.3) is 0 Å². The van der Waals surface area contributed by atoms with Crippen molar-refractivity contribution < 1.29 is 9.53 Å². The molecule has 0 aliphatic carbocycles. The molecule has 0 aromatic carbocycles. The lowest BCUT2D eigenvalue weighted by Gasteiger charge is -2.33. The third kappa shape index (κ3) is 2.41. The van der Waals surface area contributed by atoms with E-state index in [2.05, 4.69) is 9.89 Å². The van der Waals surface area contributed by atoms with Gasteiger partial charge in [-0.15, -0.1) is 0 Å². The van der Waals surface area contributed by atoms with Gasteiger partial charge in [0.15, 0.2) is 0 Å². The summed E-state index contributed by atoms with van der Waals surface area (Å²) in [5.41, 5.74) is 0. The van der Waals surface area contributed by atoms with Gasteiger partial charge in [-0.25, -0.2) is 0 Å². The Morgan fingerprint density at radius 3 is 2.81 bits per heavy atom. The van der Waals surface area contributed by atoms with Crippen LogP contribution in [0, 0.1) is 5.92 Å². The summed E-state index contributed by atoms with van der Waals surface area (Å²) >= 11 is 0. The van der Waals surface area contributed by atoms with Crippen LogP contribution in [0.3, 0.4) is 0 Å². The first-order valence-electron chi connectivity index (χ1n) is 5.77. The lowest BCUT2D eigenvalue weighted by atomic mass is 10.1. The van der Waals surface area contributed by atoms with Crippen molar-refractivity contribution in [2.45, 2.75) is 6.92 Å². The predicted molar refractivity (Wildman–Crippen MR) is 61.5 cm³/mol. The summed E-state index contributed by atoms with van der Waals surface area (Å²) < 4.78 is 5.29. The van der Waals surface area contributed by atoms with Gasteiger partial charge in [-0.3, -0.25) is 14.7 Å². The van der Waals surface area contributed by atoms with Gasteiger partial charge in [0.1, 0.15) is 5.84 Å². The molecule has 1 fully saturated rings. The van der Waals surface area contributed by atoms with Crippen molar-refractivity contribution in [2.75, 3.05) is 46.4 Å². The number of amidine groups is 1. The van der Waals surface area contributed by atoms with E-state index in [0.29, 0.717) is 6.54 Å². The number of amides is 1. The molecule has 5 nitrogen and oxygen atoms in total. The van der Waals surface area contributed by atoms with Gasteiger partial charge in [-0.1, -0.05) is 0 Å². The Balaban J connectivity index is 1.92. The second kappa shape index (κ2) is 4.93. The molecule has 1 amide bonds. The quantitative estimate of drug-likeness (QED) is 0.655. The van der Waals surface area contributed by atoms with E-state index in [0.717, 1.165) is 38.7 Å². The van der Waals surface area contributed by atoms with E-state index in [-0.39, 0.29) is 11.8 Å². The summed E-state index contributed by atoms with van der Waals surface area (Å²) in [7, 11) is 1.80. The molecule has 0 aromatic heterocycles. The van der Waals surface area contributed by atoms with Crippen LogP contribution in [0.4, 0.5) is 0 Å². The van der Waals surface area contributed by atoms with E-state index in [4.69, 9.17) is 4.74 Å². The van der Waals surface area contributed by atoms with Gasteiger partial charge in [0.05, 0.1) is 25.7 Å². The molecule has 90 valence electrons. The van der Waals surface area contributed by atoms with Crippen LogP contribution in [0.1, 0.15) is 6.92 Å². The minimum atomic E-state index is 0.0202. The monoisotopic (exact) mass is 225 g/mol. The molecule has 1 unspecified atom stereocenters. The first kappa shape index (κ1) is 11.5. The summed E-state index contributed by atoms with van der Waals surface area (Å²) in [6, 6.07) is 0. The average Bonchev–Trinajstić information content (AvgIpc) is 2.31. The van der Waals surface area contributed by atoms with Crippen molar-refractivity contribution in [3.8, 4) is 0 Å². The van der Waals surface area contributed by atoms with Gasteiger partial charge in [0.25, 0.3) is 0 Å². The summed E-state index contributed by atoms with van der Waals surface area (Å²) in [4.78, 5) is 20.3. The van der Waals surface area contributed by atoms with Crippen LogP contribution in [0.5, 0.6) is 0 Å². The third-order valence-electron chi connectivity index (χ3n) is 3.29. The maximum absolute atomic E-state index is 12.0. The van der Waals surface area contributed by atoms with E-state index in [1.54, 1.807) is 11.9 Å². The van der Waals surface area contributed by atoms with Gasteiger partial charge in [0, 0.05) is 26.7 Å². The van der Waals surface area contributed by atoms with Crippen LogP contribution >= 0.6 is 0 Å². The number of hydrogen-bond donors (Lipinski definition) is 0. The Labute approximate surface area is 96.1 Å². The Kier molecular flexibility index (Phi) is 3.56. The maximum atomic E-state index is 12.0. The van der Waals surface area contributed by atoms with E-state index in [9.17, 15) is 4.79 Å².